The summed E-state index contributed by atoms with van der Waals surface area (Å²) in [4.78, 5) is 27.4. The van der Waals surface area contributed by atoms with Gasteiger partial charge in [-0.15, -0.1) is 0 Å². The maximum Gasteiger partial charge on any atom is 0.254 e. The Bertz CT molecular complexity index is 888. The van der Waals surface area contributed by atoms with E-state index in [4.69, 9.17) is 9.47 Å². The van der Waals surface area contributed by atoms with E-state index in [2.05, 4.69) is 21.2 Å². The van der Waals surface area contributed by atoms with Gasteiger partial charge < -0.3 is 19.7 Å². The Kier molecular flexibility index (Phi) is 7.37. The maximum absolute atomic E-state index is 12.9. The molecular formula is C23H27BrN2O4. The number of nitrogens with zero attached hydrogens (tertiary/aromatic N) is 1. The number of benzene rings is 2. The van der Waals surface area contributed by atoms with Gasteiger partial charge in [0.05, 0.1) is 20.3 Å². The number of ether oxygens (including phenoxy) is 2. The van der Waals surface area contributed by atoms with Crippen LogP contribution in [0.15, 0.2) is 46.9 Å². The van der Waals surface area contributed by atoms with E-state index < -0.39 is 0 Å². The van der Waals surface area contributed by atoms with Crippen molar-refractivity contribution < 1.29 is 19.1 Å². The molecule has 1 fully saturated rings. The number of piperidine rings is 1. The number of nitrogens with one attached hydrogen (secondary N) is 1. The van der Waals surface area contributed by atoms with E-state index in [0.29, 0.717) is 43.0 Å². The van der Waals surface area contributed by atoms with Gasteiger partial charge in [0, 0.05) is 35.1 Å². The second-order valence-corrected chi connectivity index (χ2v) is 8.37. The average Bonchev–Trinajstić information content (AvgIpc) is 2.78. The first-order chi connectivity index (χ1) is 14.4. The largest absolute Gasteiger partial charge is 0.497 e. The summed E-state index contributed by atoms with van der Waals surface area (Å²) >= 11 is 3.46. The number of hydrogen-bond donors (Lipinski definition) is 1. The lowest BCUT2D eigenvalue weighted by molar-refractivity contribution is -0.126. The number of rotatable bonds is 6. The standard InChI is InChI=1S/C23H27BrN2O4/c1-15(17-5-4-6-19(24)11-17)25-22(27)16-7-9-26(10-8-16)23(28)18-12-20(29-2)14-21(13-18)30-3/h4-6,11-16H,7-10H2,1-3H3,(H,25,27). The third kappa shape index (κ3) is 5.33. The molecule has 0 saturated carbocycles. The number of carbonyl (C=O) groups is 2. The van der Waals surface area contributed by atoms with E-state index in [0.717, 1.165) is 10.0 Å². The molecule has 160 valence electrons. The van der Waals surface area contributed by atoms with E-state index in [9.17, 15) is 9.59 Å². The summed E-state index contributed by atoms with van der Waals surface area (Å²) in [6.07, 6.45) is 1.29. The van der Waals surface area contributed by atoms with Crippen LogP contribution >= 0.6 is 15.9 Å². The SMILES string of the molecule is COc1cc(OC)cc(C(=O)N2CCC(C(=O)NC(C)c3cccc(Br)c3)CC2)c1. The molecular weight excluding hydrogens is 448 g/mol. The molecule has 1 atom stereocenters. The van der Waals surface area contributed by atoms with Crippen LogP contribution in [-0.4, -0.2) is 44.0 Å². The smallest absolute Gasteiger partial charge is 0.254 e. The quantitative estimate of drug-likeness (QED) is 0.681. The van der Waals surface area contributed by atoms with Crippen molar-refractivity contribution in [1.82, 2.24) is 10.2 Å². The monoisotopic (exact) mass is 474 g/mol. The Balaban J connectivity index is 1.57. The minimum absolute atomic E-state index is 0.0395. The molecule has 3 rings (SSSR count). The minimum Gasteiger partial charge on any atom is -0.497 e. The van der Waals surface area contributed by atoms with Crippen molar-refractivity contribution in [2.45, 2.75) is 25.8 Å². The predicted molar refractivity (Wildman–Crippen MR) is 119 cm³/mol. The summed E-state index contributed by atoms with van der Waals surface area (Å²) in [5, 5.41) is 3.10. The molecule has 0 bridgehead atoms. The van der Waals surface area contributed by atoms with Gasteiger partial charge in [-0.05, 0) is 49.6 Å². The van der Waals surface area contributed by atoms with Crippen molar-refractivity contribution in [2.24, 2.45) is 5.92 Å². The van der Waals surface area contributed by atoms with Gasteiger partial charge in [0.1, 0.15) is 11.5 Å². The number of likely N-dealkylation sites (tertiary alicyclic amines) is 1. The fourth-order valence-electron chi connectivity index (χ4n) is 3.65. The van der Waals surface area contributed by atoms with Crippen LogP contribution in [0.4, 0.5) is 0 Å². The van der Waals surface area contributed by atoms with E-state index >= 15 is 0 Å². The van der Waals surface area contributed by atoms with Crippen molar-refractivity contribution in [3.05, 3.63) is 58.1 Å². The van der Waals surface area contributed by atoms with Gasteiger partial charge in [-0.3, -0.25) is 9.59 Å². The summed E-state index contributed by atoms with van der Waals surface area (Å²) in [5.41, 5.74) is 1.58. The average molecular weight is 475 g/mol. The van der Waals surface area contributed by atoms with Crippen LogP contribution in [0, 0.1) is 5.92 Å². The first-order valence-corrected chi connectivity index (χ1v) is 10.8. The van der Waals surface area contributed by atoms with E-state index in [-0.39, 0.29) is 23.8 Å². The van der Waals surface area contributed by atoms with Crippen molar-refractivity contribution in [1.29, 1.82) is 0 Å². The lowest BCUT2D eigenvalue weighted by atomic mass is 9.94. The third-order valence-electron chi connectivity index (χ3n) is 5.46. The number of hydrogen-bond acceptors (Lipinski definition) is 4. The Labute approximate surface area is 185 Å². The molecule has 0 radical (unpaired) electrons. The minimum atomic E-state index is -0.0940. The Morgan fingerprint density at radius 3 is 2.27 bits per heavy atom. The highest BCUT2D eigenvalue weighted by Crippen LogP contribution is 2.26. The van der Waals surface area contributed by atoms with Crippen LogP contribution in [-0.2, 0) is 4.79 Å². The number of carbonyl (C=O) groups excluding carboxylic acids is 2. The maximum atomic E-state index is 12.9. The molecule has 0 aromatic heterocycles. The summed E-state index contributed by atoms with van der Waals surface area (Å²) in [7, 11) is 3.12. The zero-order valence-electron chi connectivity index (χ0n) is 17.5. The molecule has 1 heterocycles. The molecule has 6 nitrogen and oxygen atoms in total. The molecule has 0 aliphatic carbocycles. The van der Waals surface area contributed by atoms with Gasteiger partial charge >= 0.3 is 0 Å². The van der Waals surface area contributed by atoms with Crippen LogP contribution < -0.4 is 14.8 Å². The third-order valence-corrected chi connectivity index (χ3v) is 5.95. The van der Waals surface area contributed by atoms with Crippen molar-refractivity contribution in [3.63, 3.8) is 0 Å². The van der Waals surface area contributed by atoms with Gasteiger partial charge in [-0.2, -0.15) is 0 Å². The van der Waals surface area contributed by atoms with Crippen LogP contribution in [0.5, 0.6) is 11.5 Å². The Hall–Kier alpha value is -2.54. The molecule has 1 unspecified atom stereocenters. The van der Waals surface area contributed by atoms with Gasteiger partial charge in [0.2, 0.25) is 5.91 Å². The summed E-state index contributed by atoms with van der Waals surface area (Å²) < 4.78 is 11.5. The fraction of sp³-hybridized carbons (Fsp3) is 0.391. The molecule has 7 heteroatoms. The second kappa shape index (κ2) is 9.98. The Morgan fingerprint density at radius 1 is 1.07 bits per heavy atom. The van der Waals surface area contributed by atoms with Gasteiger partial charge in [-0.1, -0.05) is 28.1 Å². The molecule has 2 amide bonds. The van der Waals surface area contributed by atoms with E-state index in [1.54, 1.807) is 37.3 Å². The van der Waals surface area contributed by atoms with Crippen LogP contribution in [0.25, 0.3) is 0 Å². The van der Waals surface area contributed by atoms with Crippen molar-refractivity contribution >= 4 is 27.7 Å². The zero-order chi connectivity index (χ0) is 21.7. The lowest BCUT2D eigenvalue weighted by Gasteiger charge is -2.32. The normalized spacial score (nSPS) is 15.4. The zero-order valence-corrected chi connectivity index (χ0v) is 19.1. The second-order valence-electron chi connectivity index (χ2n) is 7.45. The number of methoxy groups -OCH3 is 2. The molecule has 1 aliphatic rings. The van der Waals surface area contributed by atoms with Gasteiger partial charge in [-0.25, -0.2) is 0 Å². The molecule has 1 saturated heterocycles. The first-order valence-electron chi connectivity index (χ1n) is 9.99. The van der Waals surface area contributed by atoms with E-state index in [1.165, 1.54) is 0 Å². The predicted octanol–water partition coefficient (Wildman–Crippen LogP) is 4.20. The highest BCUT2D eigenvalue weighted by Gasteiger charge is 2.29. The van der Waals surface area contributed by atoms with Crippen molar-refractivity contribution in [2.75, 3.05) is 27.3 Å². The summed E-state index contributed by atoms with van der Waals surface area (Å²) in [6.45, 7) is 3.07. The van der Waals surface area contributed by atoms with Crippen LogP contribution in [0.1, 0.15) is 41.7 Å². The fourth-order valence-corrected chi connectivity index (χ4v) is 4.07. The highest BCUT2D eigenvalue weighted by atomic mass is 79.9. The summed E-state index contributed by atoms with van der Waals surface area (Å²) in [6, 6.07) is 13.0. The molecule has 30 heavy (non-hydrogen) atoms. The molecule has 1 N–H and O–H groups in total. The lowest BCUT2D eigenvalue weighted by Crippen LogP contribution is -2.43. The van der Waals surface area contributed by atoms with Gasteiger partial charge in [0.25, 0.3) is 5.91 Å². The summed E-state index contributed by atoms with van der Waals surface area (Å²) in [5.74, 6) is 1.02. The van der Waals surface area contributed by atoms with Gasteiger partial charge in [0.15, 0.2) is 0 Å². The van der Waals surface area contributed by atoms with Crippen molar-refractivity contribution in [3.8, 4) is 11.5 Å². The molecule has 2 aromatic carbocycles. The van der Waals surface area contributed by atoms with Crippen LogP contribution in [0.3, 0.4) is 0 Å². The molecule has 1 aliphatic heterocycles. The number of halogens is 1. The number of amides is 2. The molecule has 0 spiro atoms. The topological polar surface area (TPSA) is 67.9 Å². The highest BCUT2D eigenvalue weighted by molar-refractivity contribution is 9.10. The van der Waals surface area contributed by atoms with E-state index in [1.807, 2.05) is 31.2 Å². The Morgan fingerprint density at radius 2 is 1.70 bits per heavy atom. The molecule has 2 aromatic rings. The van der Waals surface area contributed by atoms with Crippen LogP contribution in [0.2, 0.25) is 0 Å². The first kappa shape index (κ1) is 22.2.